The molecular formula is C22H18FN. The Kier molecular flexibility index (Phi) is 4.72. The summed E-state index contributed by atoms with van der Waals surface area (Å²) in [6.45, 7) is 2.16. The number of rotatable bonds is 4. The van der Waals surface area contributed by atoms with Gasteiger partial charge in [-0.1, -0.05) is 74.0 Å². The van der Waals surface area contributed by atoms with Crippen LogP contribution in [-0.4, -0.2) is 0 Å². The van der Waals surface area contributed by atoms with E-state index in [0.717, 1.165) is 29.5 Å². The molecule has 0 bridgehead atoms. The number of hydrogen-bond acceptors (Lipinski definition) is 1. The van der Waals surface area contributed by atoms with Gasteiger partial charge in [-0.05, 0) is 34.7 Å². The van der Waals surface area contributed by atoms with Crippen molar-refractivity contribution in [2.45, 2.75) is 19.8 Å². The zero-order valence-corrected chi connectivity index (χ0v) is 13.6. The highest BCUT2D eigenvalue weighted by molar-refractivity contribution is 5.84. The van der Waals surface area contributed by atoms with Gasteiger partial charge in [-0.25, -0.2) is 4.39 Å². The van der Waals surface area contributed by atoms with Crippen LogP contribution < -0.4 is 0 Å². The van der Waals surface area contributed by atoms with E-state index >= 15 is 0 Å². The molecule has 0 atom stereocenters. The van der Waals surface area contributed by atoms with Gasteiger partial charge in [0.05, 0.1) is 5.56 Å². The van der Waals surface area contributed by atoms with Crippen LogP contribution in [0.15, 0.2) is 66.7 Å². The number of aryl methyl sites for hydroxylation is 1. The second-order valence-corrected chi connectivity index (χ2v) is 5.77. The second kappa shape index (κ2) is 7.10. The van der Waals surface area contributed by atoms with E-state index in [9.17, 15) is 4.39 Å². The summed E-state index contributed by atoms with van der Waals surface area (Å²) in [6, 6.07) is 23.0. The Labute approximate surface area is 142 Å². The molecule has 118 valence electrons. The third kappa shape index (κ3) is 3.07. The Hall–Kier alpha value is -2.92. The highest BCUT2D eigenvalue weighted by Gasteiger charge is 2.13. The van der Waals surface area contributed by atoms with Crippen molar-refractivity contribution in [1.82, 2.24) is 0 Å². The topological polar surface area (TPSA) is 23.8 Å². The van der Waals surface area contributed by atoms with Crippen LogP contribution in [-0.2, 0) is 6.42 Å². The first-order valence-corrected chi connectivity index (χ1v) is 8.12. The molecule has 1 nitrogen and oxygen atoms in total. The molecule has 0 aliphatic carbocycles. The Morgan fingerprint density at radius 2 is 1.58 bits per heavy atom. The van der Waals surface area contributed by atoms with Crippen LogP contribution in [0, 0.1) is 17.1 Å². The lowest BCUT2D eigenvalue weighted by molar-refractivity contribution is 0.627. The molecule has 0 aliphatic heterocycles. The van der Waals surface area contributed by atoms with Crippen molar-refractivity contribution in [3.8, 4) is 28.3 Å². The average Bonchev–Trinajstić information content (AvgIpc) is 2.62. The molecule has 0 aromatic heterocycles. The van der Waals surface area contributed by atoms with E-state index in [-0.39, 0.29) is 5.56 Å². The summed E-state index contributed by atoms with van der Waals surface area (Å²) in [7, 11) is 0. The molecule has 0 spiro atoms. The molecule has 0 fully saturated rings. The number of nitriles is 1. The maximum atomic E-state index is 14.6. The summed E-state index contributed by atoms with van der Waals surface area (Å²) < 4.78 is 14.6. The summed E-state index contributed by atoms with van der Waals surface area (Å²) >= 11 is 0. The Morgan fingerprint density at radius 3 is 2.33 bits per heavy atom. The van der Waals surface area contributed by atoms with Crippen molar-refractivity contribution in [2.75, 3.05) is 0 Å². The summed E-state index contributed by atoms with van der Waals surface area (Å²) in [5.41, 5.74) is 4.66. The minimum absolute atomic E-state index is 0.0713. The lowest BCUT2D eigenvalue weighted by Gasteiger charge is -2.12. The van der Waals surface area contributed by atoms with E-state index in [1.54, 1.807) is 12.1 Å². The van der Waals surface area contributed by atoms with Gasteiger partial charge in [0, 0.05) is 5.56 Å². The molecular weight excluding hydrogens is 297 g/mol. The zero-order valence-electron chi connectivity index (χ0n) is 13.6. The minimum atomic E-state index is -0.461. The molecule has 0 N–H and O–H groups in total. The number of benzene rings is 3. The predicted octanol–water partition coefficient (Wildman–Crippen LogP) is 5.98. The fraction of sp³-hybridized carbons (Fsp3) is 0.136. The van der Waals surface area contributed by atoms with E-state index in [2.05, 4.69) is 19.1 Å². The van der Waals surface area contributed by atoms with E-state index in [0.29, 0.717) is 5.56 Å². The molecule has 3 rings (SSSR count). The molecule has 2 heteroatoms. The maximum Gasteiger partial charge on any atom is 0.148 e. The monoisotopic (exact) mass is 315 g/mol. The van der Waals surface area contributed by atoms with Crippen LogP contribution in [0.2, 0.25) is 0 Å². The Morgan fingerprint density at radius 1 is 0.875 bits per heavy atom. The summed E-state index contributed by atoms with van der Waals surface area (Å²) in [6.07, 6.45) is 2.11. The zero-order chi connectivity index (χ0) is 16.9. The summed E-state index contributed by atoms with van der Waals surface area (Å²) in [4.78, 5) is 0. The van der Waals surface area contributed by atoms with Gasteiger partial charge >= 0.3 is 0 Å². The third-order valence-electron chi connectivity index (χ3n) is 4.11. The minimum Gasteiger partial charge on any atom is -0.205 e. The SMILES string of the molecule is CCCc1cccc(-c2ccccc2-c2cccc(C#N)c2F)c1. The highest BCUT2D eigenvalue weighted by atomic mass is 19.1. The van der Waals surface area contributed by atoms with Gasteiger partial charge in [-0.2, -0.15) is 5.26 Å². The van der Waals surface area contributed by atoms with Gasteiger partial charge in [-0.3, -0.25) is 0 Å². The molecule has 3 aromatic carbocycles. The number of halogens is 1. The molecule has 3 aromatic rings. The van der Waals surface area contributed by atoms with Gasteiger partial charge in [0.15, 0.2) is 0 Å². The Bertz CT molecular complexity index is 906. The normalized spacial score (nSPS) is 10.4. The van der Waals surface area contributed by atoms with Gasteiger partial charge < -0.3 is 0 Å². The fourth-order valence-electron chi connectivity index (χ4n) is 2.98. The quantitative estimate of drug-likeness (QED) is 0.580. The van der Waals surface area contributed by atoms with E-state index in [4.69, 9.17) is 5.26 Å². The number of hydrogen-bond donors (Lipinski definition) is 0. The average molecular weight is 315 g/mol. The van der Waals surface area contributed by atoms with Crippen LogP contribution in [0.5, 0.6) is 0 Å². The van der Waals surface area contributed by atoms with Crippen molar-refractivity contribution in [3.63, 3.8) is 0 Å². The first-order chi connectivity index (χ1) is 11.7. The van der Waals surface area contributed by atoms with Crippen LogP contribution in [0.4, 0.5) is 4.39 Å². The summed E-state index contributed by atoms with van der Waals surface area (Å²) in [5.74, 6) is -0.461. The largest absolute Gasteiger partial charge is 0.205 e. The molecule has 0 radical (unpaired) electrons. The maximum absolute atomic E-state index is 14.6. The van der Waals surface area contributed by atoms with E-state index < -0.39 is 5.82 Å². The lowest BCUT2D eigenvalue weighted by atomic mass is 9.92. The third-order valence-corrected chi connectivity index (χ3v) is 4.11. The van der Waals surface area contributed by atoms with Crippen molar-refractivity contribution in [2.24, 2.45) is 0 Å². The summed E-state index contributed by atoms with van der Waals surface area (Å²) in [5, 5.41) is 9.08. The molecule has 0 aliphatic rings. The number of nitrogens with zero attached hydrogens (tertiary/aromatic N) is 1. The molecule has 0 saturated carbocycles. The van der Waals surface area contributed by atoms with Crippen LogP contribution >= 0.6 is 0 Å². The molecule has 0 amide bonds. The van der Waals surface area contributed by atoms with Crippen molar-refractivity contribution in [1.29, 1.82) is 5.26 Å². The predicted molar refractivity (Wildman–Crippen MR) is 96.0 cm³/mol. The van der Waals surface area contributed by atoms with Gasteiger partial charge in [0.2, 0.25) is 0 Å². The van der Waals surface area contributed by atoms with Gasteiger partial charge in [-0.15, -0.1) is 0 Å². The molecule has 24 heavy (non-hydrogen) atoms. The molecule has 0 unspecified atom stereocenters. The Balaban J connectivity index is 2.17. The van der Waals surface area contributed by atoms with Crippen LogP contribution in [0.1, 0.15) is 24.5 Å². The van der Waals surface area contributed by atoms with Gasteiger partial charge in [0.25, 0.3) is 0 Å². The first kappa shape index (κ1) is 16.0. The van der Waals surface area contributed by atoms with Crippen LogP contribution in [0.25, 0.3) is 22.3 Å². The van der Waals surface area contributed by atoms with E-state index in [1.807, 2.05) is 42.5 Å². The van der Waals surface area contributed by atoms with Crippen LogP contribution in [0.3, 0.4) is 0 Å². The molecule has 0 saturated heterocycles. The lowest BCUT2D eigenvalue weighted by Crippen LogP contribution is -1.92. The van der Waals surface area contributed by atoms with Crippen molar-refractivity contribution < 1.29 is 4.39 Å². The highest BCUT2D eigenvalue weighted by Crippen LogP contribution is 2.34. The molecule has 0 heterocycles. The van der Waals surface area contributed by atoms with Gasteiger partial charge in [0.1, 0.15) is 11.9 Å². The first-order valence-electron chi connectivity index (χ1n) is 8.12. The second-order valence-electron chi connectivity index (χ2n) is 5.77. The standard InChI is InChI=1S/C22H18FN/c1-2-7-16-8-5-9-17(14-16)19-11-3-4-12-20(19)21-13-6-10-18(15-24)22(21)23/h3-6,8-14H,2,7H2,1H3. The van der Waals surface area contributed by atoms with Crippen molar-refractivity contribution in [3.05, 3.63) is 83.7 Å². The van der Waals surface area contributed by atoms with Crippen molar-refractivity contribution >= 4 is 0 Å². The smallest absolute Gasteiger partial charge is 0.148 e. The van der Waals surface area contributed by atoms with E-state index in [1.165, 1.54) is 11.6 Å². The fourth-order valence-corrected chi connectivity index (χ4v) is 2.98.